The summed E-state index contributed by atoms with van der Waals surface area (Å²) in [5.41, 5.74) is 1.49. The maximum atomic E-state index is 13.6. The first-order valence-electron chi connectivity index (χ1n) is 5.25. The fourth-order valence-corrected chi connectivity index (χ4v) is 1.98. The third-order valence-corrected chi connectivity index (χ3v) is 3.32. The Kier molecular flexibility index (Phi) is 3.78. The van der Waals surface area contributed by atoms with E-state index in [1.165, 1.54) is 12.1 Å². The van der Waals surface area contributed by atoms with E-state index in [1.807, 2.05) is 6.92 Å². The Bertz CT molecular complexity index is 584. The fourth-order valence-electron chi connectivity index (χ4n) is 1.58. The molecule has 0 N–H and O–H groups in total. The molecular weight excluding hydrogens is 278 g/mol. The number of nitrogens with zero attached hydrogens (tertiary/aromatic N) is 2. The molecule has 0 aliphatic rings. The number of halogens is 3. The summed E-state index contributed by atoms with van der Waals surface area (Å²) in [5, 5.41) is 4.66. The Morgan fingerprint density at radius 3 is 2.72 bits per heavy atom. The third kappa shape index (κ3) is 2.44. The van der Waals surface area contributed by atoms with E-state index in [2.05, 4.69) is 5.10 Å². The lowest BCUT2D eigenvalue weighted by molar-refractivity contribution is 0.289. The molecule has 1 heterocycles. The molecule has 0 aliphatic heterocycles. The van der Waals surface area contributed by atoms with Crippen LogP contribution in [0.1, 0.15) is 11.3 Å². The van der Waals surface area contributed by atoms with E-state index in [-0.39, 0.29) is 17.4 Å². The predicted molar refractivity (Wildman–Crippen MR) is 68.7 cm³/mol. The molecule has 18 heavy (non-hydrogen) atoms. The van der Waals surface area contributed by atoms with Gasteiger partial charge in [-0.1, -0.05) is 29.3 Å². The molecule has 0 unspecified atom stereocenters. The SMILES string of the molecule is Cc1nn(C)c(Cl)c1COc1cccc(Cl)c1F. The average molecular weight is 289 g/mol. The standard InChI is InChI=1S/C12H11Cl2FN2O/c1-7-8(12(14)17(2)16-7)6-18-10-5-3-4-9(13)11(10)15/h3-5H,6H2,1-2H3. The minimum absolute atomic E-state index is 0.0292. The van der Waals surface area contributed by atoms with E-state index in [4.69, 9.17) is 27.9 Å². The van der Waals surface area contributed by atoms with Gasteiger partial charge in [0.1, 0.15) is 11.8 Å². The van der Waals surface area contributed by atoms with Crippen LogP contribution in [0.15, 0.2) is 18.2 Å². The summed E-state index contributed by atoms with van der Waals surface area (Å²) in [6, 6.07) is 4.60. The van der Waals surface area contributed by atoms with Gasteiger partial charge in [0.2, 0.25) is 0 Å². The number of hydrogen-bond acceptors (Lipinski definition) is 2. The van der Waals surface area contributed by atoms with Crippen LogP contribution < -0.4 is 4.74 Å². The van der Waals surface area contributed by atoms with Crippen LogP contribution in [-0.4, -0.2) is 9.78 Å². The van der Waals surface area contributed by atoms with Crippen molar-refractivity contribution in [1.82, 2.24) is 9.78 Å². The highest BCUT2D eigenvalue weighted by atomic mass is 35.5. The van der Waals surface area contributed by atoms with Crippen LogP contribution in [0.25, 0.3) is 0 Å². The quantitative estimate of drug-likeness (QED) is 0.860. The van der Waals surface area contributed by atoms with Gasteiger partial charge in [0.25, 0.3) is 0 Å². The van der Waals surface area contributed by atoms with Gasteiger partial charge in [-0.2, -0.15) is 5.10 Å². The molecule has 1 aromatic carbocycles. The van der Waals surface area contributed by atoms with Crippen molar-refractivity contribution >= 4 is 23.2 Å². The fraction of sp³-hybridized carbons (Fsp3) is 0.250. The second-order valence-corrected chi connectivity index (χ2v) is 4.58. The van der Waals surface area contributed by atoms with Crippen molar-refractivity contribution < 1.29 is 9.13 Å². The van der Waals surface area contributed by atoms with Crippen LogP contribution in [0.3, 0.4) is 0 Å². The molecule has 0 fully saturated rings. The van der Waals surface area contributed by atoms with Gasteiger partial charge in [-0.3, -0.25) is 4.68 Å². The highest BCUT2D eigenvalue weighted by Crippen LogP contribution is 2.26. The normalized spacial score (nSPS) is 10.7. The minimum Gasteiger partial charge on any atom is -0.486 e. The molecule has 0 atom stereocenters. The number of aryl methyl sites for hydroxylation is 2. The van der Waals surface area contributed by atoms with Gasteiger partial charge in [0.15, 0.2) is 11.6 Å². The molecular formula is C12H11Cl2FN2O. The molecule has 1 aromatic heterocycles. The Hall–Kier alpha value is -1.26. The van der Waals surface area contributed by atoms with Crippen LogP contribution in [0.2, 0.25) is 10.2 Å². The second kappa shape index (κ2) is 5.16. The Morgan fingerprint density at radius 1 is 1.39 bits per heavy atom. The minimum atomic E-state index is -0.572. The van der Waals surface area contributed by atoms with Crippen molar-refractivity contribution in [3.05, 3.63) is 45.4 Å². The smallest absolute Gasteiger partial charge is 0.183 e. The van der Waals surface area contributed by atoms with Crippen LogP contribution in [0.4, 0.5) is 4.39 Å². The topological polar surface area (TPSA) is 27.1 Å². The molecule has 2 rings (SSSR count). The molecule has 6 heteroatoms. The molecule has 0 amide bonds. The summed E-state index contributed by atoms with van der Waals surface area (Å²) in [5.74, 6) is -0.473. The molecule has 0 aliphatic carbocycles. The van der Waals surface area contributed by atoms with Crippen LogP contribution >= 0.6 is 23.2 Å². The number of ether oxygens (including phenoxy) is 1. The summed E-state index contributed by atoms with van der Waals surface area (Å²) in [6.45, 7) is 1.97. The lowest BCUT2D eigenvalue weighted by atomic mass is 10.3. The van der Waals surface area contributed by atoms with Gasteiger partial charge in [0, 0.05) is 12.6 Å². The zero-order valence-electron chi connectivity index (χ0n) is 9.88. The van der Waals surface area contributed by atoms with Gasteiger partial charge in [-0.25, -0.2) is 4.39 Å². The Morgan fingerprint density at radius 2 is 2.11 bits per heavy atom. The third-order valence-electron chi connectivity index (χ3n) is 2.56. The molecule has 2 aromatic rings. The maximum Gasteiger partial charge on any atom is 0.183 e. The van der Waals surface area contributed by atoms with Crippen molar-refractivity contribution in [2.75, 3.05) is 0 Å². The van der Waals surface area contributed by atoms with Crippen LogP contribution in [0.5, 0.6) is 5.75 Å². The monoisotopic (exact) mass is 288 g/mol. The Balaban J connectivity index is 2.19. The lowest BCUT2D eigenvalue weighted by Crippen LogP contribution is -1.99. The van der Waals surface area contributed by atoms with Crippen molar-refractivity contribution in [3.63, 3.8) is 0 Å². The Labute approximate surface area is 114 Å². The first kappa shape index (κ1) is 13.2. The van der Waals surface area contributed by atoms with Crippen LogP contribution in [0, 0.1) is 12.7 Å². The largest absolute Gasteiger partial charge is 0.486 e. The van der Waals surface area contributed by atoms with Gasteiger partial charge in [-0.15, -0.1) is 0 Å². The van der Waals surface area contributed by atoms with E-state index in [0.717, 1.165) is 11.3 Å². The number of benzene rings is 1. The molecule has 0 saturated heterocycles. The summed E-state index contributed by atoms with van der Waals surface area (Å²) < 4.78 is 20.5. The maximum absolute atomic E-state index is 13.6. The van der Waals surface area contributed by atoms with Crippen molar-refractivity contribution in [2.45, 2.75) is 13.5 Å². The van der Waals surface area contributed by atoms with Gasteiger partial charge in [0.05, 0.1) is 10.7 Å². The number of hydrogen-bond donors (Lipinski definition) is 0. The molecule has 0 bridgehead atoms. The molecule has 0 saturated carbocycles. The number of aromatic nitrogens is 2. The van der Waals surface area contributed by atoms with E-state index in [1.54, 1.807) is 17.8 Å². The molecule has 0 spiro atoms. The summed E-state index contributed by atoms with van der Waals surface area (Å²) in [4.78, 5) is 0. The first-order valence-corrected chi connectivity index (χ1v) is 6.01. The second-order valence-electron chi connectivity index (χ2n) is 3.82. The predicted octanol–water partition coefficient (Wildman–Crippen LogP) is 3.75. The molecule has 3 nitrogen and oxygen atoms in total. The van der Waals surface area contributed by atoms with Crippen molar-refractivity contribution in [1.29, 1.82) is 0 Å². The molecule has 0 radical (unpaired) electrons. The van der Waals surface area contributed by atoms with E-state index in [9.17, 15) is 4.39 Å². The van der Waals surface area contributed by atoms with Gasteiger partial charge >= 0.3 is 0 Å². The lowest BCUT2D eigenvalue weighted by Gasteiger charge is -2.07. The van der Waals surface area contributed by atoms with Crippen molar-refractivity contribution in [3.8, 4) is 5.75 Å². The van der Waals surface area contributed by atoms with E-state index < -0.39 is 5.82 Å². The van der Waals surface area contributed by atoms with E-state index >= 15 is 0 Å². The highest BCUT2D eigenvalue weighted by Gasteiger charge is 2.13. The average Bonchev–Trinajstić information content (AvgIpc) is 2.56. The summed E-state index contributed by atoms with van der Waals surface area (Å²) in [7, 11) is 1.73. The number of rotatable bonds is 3. The summed E-state index contributed by atoms with van der Waals surface area (Å²) >= 11 is 11.7. The van der Waals surface area contributed by atoms with Gasteiger partial charge in [-0.05, 0) is 19.1 Å². The highest BCUT2D eigenvalue weighted by molar-refractivity contribution is 6.31. The summed E-state index contributed by atoms with van der Waals surface area (Å²) in [6.07, 6.45) is 0. The van der Waals surface area contributed by atoms with Crippen LogP contribution in [-0.2, 0) is 13.7 Å². The first-order chi connectivity index (χ1) is 8.50. The van der Waals surface area contributed by atoms with Crippen molar-refractivity contribution in [2.24, 2.45) is 7.05 Å². The zero-order chi connectivity index (χ0) is 13.3. The van der Waals surface area contributed by atoms with Gasteiger partial charge < -0.3 is 4.74 Å². The zero-order valence-corrected chi connectivity index (χ0v) is 11.4. The molecule has 96 valence electrons. The van der Waals surface area contributed by atoms with E-state index in [0.29, 0.717) is 5.15 Å².